The van der Waals surface area contributed by atoms with Gasteiger partial charge >= 0.3 is 12.1 Å². The molecule has 0 bridgehead atoms. The van der Waals surface area contributed by atoms with E-state index in [1.54, 1.807) is 55.5 Å². The topological polar surface area (TPSA) is 160 Å². The summed E-state index contributed by atoms with van der Waals surface area (Å²) in [5.41, 5.74) is 7.79. The molecule has 0 radical (unpaired) electrons. The number of amides is 3. The Balaban J connectivity index is 1.87. The number of hydrogen-bond acceptors (Lipinski definition) is 5. The number of carboxylic acids is 1. The van der Waals surface area contributed by atoms with Gasteiger partial charge in [0.2, 0.25) is 0 Å². The van der Waals surface area contributed by atoms with Gasteiger partial charge < -0.3 is 26.2 Å². The largest absolute Gasteiger partial charge is 0.478 e. The summed E-state index contributed by atoms with van der Waals surface area (Å²) in [7, 11) is 0. The highest BCUT2D eigenvalue weighted by Gasteiger charge is 2.20. The molecule has 0 aromatic heterocycles. The molecular weight excluding hydrogens is 500 g/mol. The number of aromatic carboxylic acids is 1. The highest BCUT2D eigenvalue weighted by Crippen LogP contribution is 2.29. The van der Waals surface area contributed by atoms with E-state index in [9.17, 15) is 24.3 Å². The number of nitrogens with zero attached hydrogens (tertiary/aromatic N) is 1. The van der Waals surface area contributed by atoms with Crippen LogP contribution < -0.4 is 16.4 Å². The highest BCUT2D eigenvalue weighted by molar-refractivity contribution is 6.11. The van der Waals surface area contributed by atoms with Gasteiger partial charge in [-0.15, -0.1) is 0 Å². The van der Waals surface area contributed by atoms with Gasteiger partial charge in [0.25, 0.3) is 11.8 Å². The van der Waals surface area contributed by atoms with Crippen LogP contribution in [0.3, 0.4) is 0 Å². The molecule has 0 aliphatic carbocycles. The van der Waals surface area contributed by atoms with Gasteiger partial charge in [0.1, 0.15) is 5.84 Å². The third kappa shape index (κ3) is 7.51. The SMILES string of the molecule is CCOC(=O)N=C(N)c1ccc(NC(=O)c2ccccc2-c2ccc(C(=O)NCC(C)C)cc2C(=O)O)cc1. The first-order valence-corrected chi connectivity index (χ1v) is 12.3. The molecule has 0 aliphatic rings. The summed E-state index contributed by atoms with van der Waals surface area (Å²) in [4.78, 5) is 53.0. The molecule has 39 heavy (non-hydrogen) atoms. The smallest absolute Gasteiger partial charge is 0.435 e. The highest BCUT2D eigenvalue weighted by atomic mass is 16.5. The normalized spacial score (nSPS) is 11.1. The van der Waals surface area contributed by atoms with Crippen LogP contribution in [0.1, 0.15) is 57.4 Å². The van der Waals surface area contributed by atoms with E-state index in [4.69, 9.17) is 10.5 Å². The summed E-state index contributed by atoms with van der Waals surface area (Å²) >= 11 is 0. The van der Waals surface area contributed by atoms with Crippen molar-refractivity contribution in [2.24, 2.45) is 16.6 Å². The van der Waals surface area contributed by atoms with E-state index in [1.807, 2.05) is 13.8 Å². The lowest BCUT2D eigenvalue weighted by Gasteiger charge is -2.14. The van der Waals surface area contributed by atoms with Crippen LogP contribution in [0.25, 0.3) is 11.1 Å². The Morgan fingerprint density at radius 1 is 0.897 bits per heavy atom. The van der Waals surface area contributed by atoms with E-state index < -0.39 is 18.0 Å². The minimum Gasteiger partial charge on any atom is -0.478 e. The second-order valence-electron chi connectivity index (χ2n) is 8.94. The van der Waals surface area contributed by atoms with Crippen LogP contribution in [0, 0.1) is 5.92 Å². The number of carbonyl (C=O) groups excluding carboxylic acids is 3. The fourth-order valence-corrected chi connectivity index (χ4v) is 3.65. The van der Waals surface area contributed by atoms with Gasteiger partial charge in [-0.2, -0.15) is 4.99 Å². The Morgan fingerprint density at radius 2 is 1.54 bits per heavy atom. The molecule has 0 saturated carbocycles. The van der Waals surface area contributed by atoms with E-state index >= 15 is 0 Å². The van der Waals surface area contributed by atoms with Crippen molar-refractivity contribution in [3.63, 3.8) is 0 Å². The zero-order valence-corrected chi connectivity index (χ0v) is 21.9. The Hall–Kier alpha value is -4.99. The van der Waals surface area contributed by atoms with E-state index in [-0.39, 0.29) is 41.0 Å². The van der Waals surface area contributed by atoms with Crippen molar-refractivity contribution in [2.75, 3.05) is 18.5 Å². The van der Waals surface area contributed by atoms with E-state index in [0.717, 1.165) is 0 Å². The summed E-state index contributed by atoms with van der Waals surface area (Å²) < 4.78 is 4.75. The second kappa shape index (κ2) is 13.0. The first-order valence-electron chi connectivity index (χ1n) is 12.3. The fraction of sp³-hybridized carbons (Fsp3) is 0.207. The molecule has 10 nitrogen and oxygen atoms in total. The number of nitrogens with one attached hydrogen (secondary N) is 2. The molecule has 0 unspecified atom stereocenters. The van der Waals surface area contributed by atoms with Gasteiger partial charge in [-0.05, 0) is 66.4 Å². The maximum atomic E-state index is 13.2. The molecule has 0 heterocycles. The zero-order chi connectivity index (χ0) is 28.5. The number of amidine groups is 1. The third-order valence-electron chi connectivity index (χ3n) is 5.56. The number of rotatable bonds is 9. The molecule has 3 aromatic rings. The molecule has 0 spiro atoms. The third-order valence-corrected chi connectivity index (χ3v) is 5.56. The van der Waals surface area contributed by atoms with Crippen molar-refractivity contribution in [2.45, 2.75) is 20.8 Å². The van der Waals surface area contributed by atoms with Crippen LogP contribution in [0.2, 0.25) is 0 Å². The Kier molecular flexibility index (Phi) is 9.53. The summed E-state index contributed by atoms with van der Waals surface area (Å²) in [6.45, 7) is 6.20. The number of anilines is 1. The van der Waals surface area contributed by atoms with E-state index in [2.05, 4.69) is 15.6 Å². The van der Waals surface area contributed by atoms with E-state index in [1.165, 1.54) is 18.2 Å². The number of carbonyl (C=O) groups is 4. The maximum Gasteiger partial charge on any atom is 0.435 e. The molecule has 202 valence electrons. The molecule has 3 aromatic carbocycles. The molecule has 10 heteroatoms. The Labute approximate surface area is 225 Å². The average molecular weight is 531 g/mol. The number of nitrogens with two attached hydrogens (primary N) is 1. The Bertz CT molecular complexity index is 1410. The van der Waals surface area contributed by atoms with Crippen LogP contribution in [0.15, 0.2) is 71.7 Å². The average Bonchev–Trinajstić information content (AvgIpc) is 2.91. The van der Waals surface area contributed by atoms with Gasteiger partial charge in [0.05, 0.1) is 12.2 Å². The van der Waals surface area contributed by atoms with Crippen molar-refractivity contribution in [3.8, 4) is 11.1 Å². The van der Waals surface area contributed by atoms with Gasteiger partial charge in [0, 0.05) is 28.9 Å². The first-order chi connectivity index (χ1) is 18.6. The van der Waals surface area contributed by atoms with Crippen molar-refractivity contribution in [1.82, 2.24) is 5.32 Å². The fourth-order valence-electron chi connectivity index (χ4n) is 3.65. The predicted molar refractivity (Wildman–Crippen MR) is 148 cm³/mol. The first kappa shape index (κ1) is 28.6. The maximum absolute atomic E-state index is 13.2. The standard InChI is InChI=1S/C29H30N4O6/c1-4-39-29(38)33-25(30)18-9-12-20(13-10-18)32-27(35)23-8-6-5-7-21(23)22-14-11-19(15-24(22)28(36)37)26(34)31-16-17(2)3/h5-15,17H,4,16H2,1-3H3,(H,31,34)(H,32,35)(H,36,37)(H2,30,33,38). The lowest BCUT2D eigenvalue weighted by atomic mass is 9.93. The quantitative estimate of drug-likeness (QED) is 0.233. The Morgan fingerprint density at radius 3 is 2.18 bits per heavy atom. The van der Waals surface area contributed by atoms with Crippen molar-refractivity contribution < 1.29 is 29.0 Å². The molecule has 0 aliphatic heterocycles. The van der Waals surface area contributed by atoms with Gasteiger partial charge in [-0.3, -0.25) is 9.59 Å². The van der Waals surface area contributed by atoms with Gasteiger partial charge in [-0.25, -0.2) is 9.59 Å². The summed E-state index contributed by atoms with van der Waals surface area (Å²) in [6.07, 6.45) is -0.797. The molecule has 0 fully saturated rings. The van der Waals surface area contributed by atoms with Gasteiger partial charge in [-0.1, -0.05) is 38.1 Å². The molecular formula is C29H30N4O6. The minimum atomic E-state index is -1.23. The summed E-state index contributed by atoms with van der Waals surface area (Å²) in [6, 6.07) is 17.3. The number of benzene rings is 3. The molecule has 0 atom stereocenters. The number of carboxylic acid groups (broad SMARTS) is 1. The van der Waals surface area contributed by atoms with Crippen LogP contribution in [0.4, 0.5) is 10.5 Å². The lowest BCUT2D eigenvalue weighted by Crippen LogP contribution is -2.27. The van der Waals surface area contributed by atoms with Crippen molar-refractivity contribution in [3.05, 3.63) is 89.0 Å². The predicted octanol–water partition coefficient (Wildman–Crippen LogP) is 4.55. The summed E-state index contributed by atoms with van der Waals surface area (Å²) in [5, 5.41) is 15.4. The molecule has 3 rings (SSSR count). The minimum absolute atomic E-state index is 0.0285. The van der Waals surface area contributed by atoms with Crippen LogP contribution in [-0.2, 0) is 4.74 Å². The number of ether oxygens (including phenoxy) is 1. The number of hydrogen-bond donors (Lipinski definition) is 4. The monoisotopic (exact) mass is 530 g/mol. The second-order valence-corrected chi connectivity index (χ2v) is 8.94. The van der Waals surface area contributed by atoms with Crippen LogP contribution >= 0.6 is 0 Å². The number of aliphatic imine (C=N–C) groups is 1. The van der Waals surface area contributed by atoms with Crippen molar-refractivity contribution in [1.29, 1.82) is 0 Å². The van der Waals surface area contributed by atoms with E-state index in [0.29, 0.717) is 28.9 Å². The summed E-state index contributed by atoms with van der Waals surface area (Å²) in [5.74, 6) is -1.86. The van der Waals surface area contributed by atoms with Crippen LogP contribution in [-0.4, -0.2) is 48.0 Å². The molecule has 5 N–H and O–H groups in total. The lowest BCUT2D eigenvalue weighted by molar-refractivity contribution is 0.0697. The zero-order valence-electron chi connectivity index (χ0n) is 21.9. The molecule has 0 saturated heterocycles. The van der Waals surface area contributed by atoms with Crippen molar-refractivity contribution >= 4 is 35.4 Å². The molecule has 3 amide bonds. The van der Waals surface area contributed by atoms with Crippen LogP contribution in [0.5, 0.6) is 0 Å². The van der Waals surface area contributed by atoms with Gasteiger partial charge in [0.15, 0.2) is 0 Å².